The maximum Gasteiger partial charge on any atom is 0.150 e. The highest BCUT2D eigenvalue weighted by Gasteiger charge is 2.03. The van der Waals surface area contributed by atoms with Crippen LogP contribution >= 0.6 is 0 Å². The van der Waals surface area contributed by atoms with Crippen molar-refractivity contribution in [1.29, 1.82) is 0 Å². The van der Waals surface area contributed by atoms with Gasteiger partial charge < -0.3 is 10.5 Å². The molecule has 3 heteroatoms. The summed E-state index contributed by atoms with van der Waals surface area (Å²) in [6.07, 6.45) is 0. The van der Waals surface area contributed by atoms with E-state index in [9.17, 15) is 4.39 Å². The second-order valence-corrected chi connectivity index (χ2v) is 3.60. The minimum Gasteiger partial charge on any atom is -0.455 e. The number of nitrogens with two attached hydrogens (primary N) is 1. The summed E-state index contributed by atoms with van der Waals surface area (Å²) >= 11 is 0. The van der Waals surface area contributed by atoms with Gasteiger partial charge in [-0.25, -0.2) is 4.39 Å². The van der Waals surface area contributed by atoms with Crippen molar-refractivity contribution in [3.05, 3.63) is 53.8 Å². The molecule has 16 heavy (non-hydrogen) atoms. The lowest BCUT2D eigenvalue weighted by molar-refractivity contribution is 0.483. The summed E-state index contributed by atoms with van der Waals surface area (Å²) in [5, 5.41) is 0. The Labute approximate surface area is 93.5 Å². The van der Waals surface area contributed by atoms with Gasteiger partial charge in [0.25, 0.3) is 0 Å². The van der Waals surface area contributed by atoms with Crippen LogP contribution in [0.4, 0.5) is 10.1 Å². The van der Waals surface area contributed by atoms with Gasteiger partial charge in [-0.2, -0.15) is 0 Å². The number of hydrogen-bond acceptors (Lipinski definition) is 2. The van der Waals surface area contributed by atoms with Crippen LogP contribution < -0.4 is 10.5 Å². The van der Waals surface area contributed by atoms with E-state index in [-0.39, 0.29) is 5.82 Å². The van der Waals surface area contributed by atoms with Crippen molar-refractivity contribution < 1.29 is 9.13 Å². The van der Waals surface area contributed by atoms with Crippen molar-refractivity contribution in [2.75, 3.05) is 5.73 Å². The Bertz CT molecular complexity index is 511. The van der Waals surface area contributed by atoms with Gasteiger partial charge in [0.15, 0.2) is 5.75 Å². The van der Waals surface area contributed by atoms with Crippen LogP contribution in [-0.4, -0.2) is 0 Å². The molecule has 0 aromatic heterocycles. The number of halogens is 1. The van der Waals surface area contributed by atoms with Gasteiger partial charge in [-0.05, 0) is 36.8 Å². The van der Waals surface area contributed by atoms with E-state index >= 15 is 0 Å². The molecular formula is C13H12FNO. The fraction of sp³-hybridized carbons (Fsp3) is 0.0769. The van der Waals surface area contributed by atoms with E-state index in [4.69, 9.17) is 10.5 Å². The quantitative estimate of drug-likeness (QED) is 0.781. The highest BCUT2D eigenvalue weighted by Crippen LogP contribution is 2.28. The normalized spacial score (nSPS) is 10.1. The molecule has 0 aliphatic carbocycles. The van der Waals surface area contributed by atoms with Crippen molar-refractivity contribution in [3.8, 4) is 11.5 Å². The fourth-order valence-electron chi connectivity index (χ4n) is 1.42. The molecule has 2 nitrogen and oxygen atoms in total. The molecule has 0 spiro atoms. The van der Waals surface area contributed by atoms with Gasteiger partial charge in [0.2, 0.25) is 0 Å². The fourth-order valence-corrected chi connectivity index (χ4v) is 1.42. The molecule has 0 saturated heterocycles. The average molecular weight is 217 g/mol. The summed E-state index contributed by atoms with van der Waals surface area (Å²) in [5.41, 5.74) is 7.03. The predicted molar refractivity (Wildman–Crippen MR) is 62.1 cm³/mol. The zero-order valence-electron chi connectivity index (χ0n) is 8.91. The van der Waals surface area contributed by atoms with Gasteiger partial charge in [-0.15, -0.1) is 0 Å². The third-order valence-electron chi connectivity index (χ3n) is 2.19. The van der Waals surface area contributed by atoms with Crippen LogP contribution in [0.2, 0.25) is 0 Å². The topological polar surface area (TPSA) is 35.2 Å². The largest absolute Gasteiger partial charge is 0.455 e. The minimum absolute atomic E-state index is 0.293. The summed E-state index contributed by atoms with van der Waals surface area (Å²) in [7, 11) is 0. The SMILES string of the molecule is Cc1cccc(Oc2ccc(F)cc2N)c1. The van der Waals surface area contributed by atoms with Gasteiger partial charge >= 0.3 is 0 Å². The third kappa shape index (κ3) is 2.31. The molecule has 2 N–H and O–H groups in total. The van der Waals surface area contributed by atoms with Crippen LogP contribution in [-0.2, 0) is 0 Å². The third-order valence-corrected chi connectivity index (χ3v) is 2.19. The van der Waals surface area contributed by atoms with E-state index < -0.39 is 0 Å². The van der Waals surface area contributed by atoms with Crippen LogP contribution in [0.5, 0.6) is 11.5 Å². The standard InChI is InChI=1S/C13H12FNO/c1-9-3-2-4-11(7-9)16-13-6-5-10(14)8-12(13)15/h2-8H,15H2,1H3. The first-order valence-electron chi connectivity index (χ1n) is 4.95. The number of nitrogen functional groups attached to an aromatic ring is 1. The Morgan fingerprint density at radius 3 is 2.62 bits per heavy atom. The Morgan fingerprint density at radius 2 is 1.94 bits per heavy atom. The lowest BCUT2D eigenvalue weighted by atomic mass is 10.2. The average Bonchev–Trinajstić information content (AvgIpc) is 2.22. The molecule has 0 atom stereocenters. The summed E-state index contributed by atoms with van der Waals surface area (Å²) in [6.45, 7) is 1.97. The Morgan fingerprint density at radius 1 is 1.12 bits per heavy atom. The first-order chi connectivity index (χ1) is 7.65. The molecule has 0 amide bonds. The molecule has 0 aliphatic rings. The summed E-state index contributed by atoms with van der Waals surface area (Å²) in [5.74, 6) is 0.791. The lowest BCUT2D eigenvalue weighted by Gasteiger charge is -2.08. The van der Waals surface area contributed by atoms with E-state index in [2.05, 4.69) is 0 Å². The Hall–Kier alpha value is -2.03. The van der Waals surface area contributed by atoms with Gasteiger partial charge in [-0.1, -0.05) is 12.1 Å². The van der Waals surface area contributed by atoms with Gasteiger partial charge in [0.1, 0.15) is 11.6 Å². The van der Waals surface area contributed by atoms with Crippen molar-refractivity contribution in [3.63, 3.8) is 0 Å². The number of ether oxygens (including phenoxy) is 1. The smallest absolute Gasteiger partial charge is 0.150 e. The van der Waals surface area contributed by atoms with E-state index in [0.29, 0.717) is 17.2 Å². The summed E-state index contributed by atoms with van der Waals surface area (Å²) in [6, 6.07) is 11.7. The van der Waals surface area contributed by atoms with Crippen LogP contribution in [0, 0.1) is 12.7 Å². The second-order valence-electron chi connectivity index (χ2n) is 3.60. The molecule has 2 rings (SSSR count). The van der Waals surface area contributed by atoms with Crippen molar-refractivity contribution in [2.45, 2.75) is 6.92 Å². The highest BCUT2D eigenvalue weighted by atomic mass is 19.1. The number of benzene rings is 2. The van der Waals surface area contributed by atoms with E-state index in [1.807, 2.05) is 31.2 Å². The first kappa shape index (κ1) is 10.5. The molecule has 82 valence electrons. The predicted octanol–water partition coefficient (Wildman–Crippen LogP) is 3.51. The van der Waals surface area contributed by atoms with E-state index in [1.54, 1.807) is 0 Å². The maximum atomic E-state index is 12.8. The molecule has 0 radical (unpaired) electrons. The van der Waals surface area contributed by atoms with Crippen LogP contribution in [0.3, 0.4) is 0 Å². The monoisotopic (exact) mass is 217 g/mol. The van der Waals surface area contributed by atoms with Crippen molar-refractivity contribution >= 4 is 5.69 Å². The zero-order chi connectivity index (χ0) is 11.5. The highest BCUT2D eigenvalue weighted by molar-refractivity contribution is 5.54. The molecule has 0 fully saturated rings. The Balaban J connectivity index is 2.27. The molecule has 0 heterocycles. The van der Waals surface area contributed by atoms with Gasteiger partial charge in [-0.3, -0.25) is 0 Å². The molecule has 0 unspecified atom stereocenters. The number of anilines is 1. The van der Waals surface area contributed by atoms with Crippen molar-refractivity contribution in [2.24, 2.45) is 0 Å². The number of aryl methyl sites for hydroxylation is 1. The molecule has 2 aromatic carbocycles. The van der Waals surface area contributed by atoms with E-state index in [1.165, 1.54) is 18.2 Å². The lowest BCUT2D eigenvalue weighted by Crippen LogP contribution is -1.93. The van der Waals surface area contributed by atoms with Crippen LogP contribution in [0.1, 0.15) is 5.56 Å². The first-order valence-corrected chi connectivity index (χ1v) is 4.95. The number of rotatable bonds is 2. The molecular weight excluding hydrogens is 205 g/mol. The molecule has 0 saturated carbocycles. The molecule has 2 aromatic rings. The molecule has 0 bridgehead atoms. The van der Waals surface area contributed by atoms with E-state index in [0.717, 1.165) is 5.56 Å². The second kappa shape index (κ2) is 4.23. The van der Waals surface area contributed by atoms with Crippen LogP contribution in [0.15, 0.2) is 42.5 Å². The van der Waals surface area contributed by atoms with Gasteiger partial charge in [0, 0.05) is 6.07 Å². The Kier molecular flexibility index (Phi) is 2.77. The minimum atomic E-state index is -0.367. The van der Waals surface area contributed by atoms with Crippen molar-refractivity contribution in [1.82, 2.24) is 0 Å². The maximum absolute atomic E-state index is 12.8. The zero-order valence-corrected chi connectivity index (χ0v) is 8.91. The van der Waals surface area contributed by atoms with Crippen LogP contribution in [0.25, 0.3) is 0 Å². The van der Waals surface area contributed by atoms with Gasteiger partial charge in [0.05, 0.1) is 5.69 Å². The summed E-state index contributed by atoms with van der Waals surface area (Å²) in [4.78, 5) is 0. The summed E-state index contributed by atoms with van der Waals surface area (Å²) < 4.78 is 18.4. The number of hydrogen-bond donors (Lipinski definition) is 1. The molecule has 0 aliphatic heterocycles.